The van der Waals surface area contributed by atoms with Gasteiger partial charge in [-0.05, 0) is 6.92 Å². The summed E-state index contributed by atoms with van der Waals surface area (Å²) in [6.07, 6.45) is -0.201. The molecular weight excluding hydrogens is 172 g/mol. The summed E-state index contributed by atoms with van der Waals surface area (Å²) in [4.78, 5) is 0. The molecule has 74 valence electrons. The summed E-state index contributed by atoms with van der Waals surface area (Å²) in [6, 6.07) is 0. The van der Waals surface area contributed by atoms with E-state index >= 15 is 0 Å². The van der Waals surface area contributed by atoms with Gasteiger partial charge in [-0.1, -0.05) is 11.8 Å². The van der Waals surface area contributed by atoms with Crippen LogP contribution in [0.15, 0.2) is 0 Å². The van der Waals surface area contributed by atoms with Crippen LogP contribution in [-0.2, 0) is 14.2 Å². The Morgan fingerprint density at radius 1 is 1.69 bits per heavy atom. The van der Waals surface area contributed by atoms with Crippen molar-refractivity contribution in [2.24, 2.45) is 0 Å². The van der Waals surface area contributed by atoms with Crippen LogP contribution in [0.1, 0.15) is 6.92 Å². The van der Waals surface area contributed by atoms with E-state index in [1.807, 2.05) is 6.92 Å². The summed E-state index contributed by atoms with van der Waals surface area (Å²) in [7, 11) is 1.55. The molecule has 0 bridgehead atoms. The highest BCUT2D eigenvalue weighted by molar-refractivity contribution is 5.22. The molecule has 1 aliphatic heterocycles. The average Bonchev–Trinajstić information content (AvgIpc) is 2.92. The summed E-state index contributed by atoms with van der Waals surface area (Å²) >= 11 is 0. The molecule has 0 saturated carbocycles. The maximum absolute atomic E-state index is 8.85. The molecule has 1 unspecified atom stereocenters. The van der Waals surface area contributed by atoms with Gasteiger partial charge in [0.2, 0.25) is 0 Å². The fraction of sp³-hybridized carbons (Fsp3) is 0.778. The first-order valence-electron chi connectivity index (χ1n) is 4.10. The van der Waals surface area contributed by atoms with Crippen LogP contribution in [0.2, 0.25) is 0 Å². The van der Waals surface area contributed by atoms with Crippen molar-refractivity contribution in [1.82, 2.24) is 0 Å². The fourth-order valence-corrected chi connectivity index (χ4v) is 0.735. The summed E-state index contributed by atoms with van der Waals surface area (Å²) in [5, 5.41) is 8.85. The topological polar surface area (TPSA) is 51.2 Å². The smallest absolute Gasteiger partial charge is 0.174 e. The van der Waals surface area contributed by atoms with E-state index < -0.39 is 5.60 Å². The first-order valence-corrected chi connectivity index (χ1v) is 4.10. The molecule has 2 atom stereocenters. The van der Waals surface area contributed by atoms with Crippen molar-refractivity contribution in [3.8, 4) is 11.8 Å². The van der Waals surface area contributed by atoms with Gasteiger partial charge in [0, 0.05) is 7.11 Å². The summed E-state index contributed by atoms with van der Waals surface area (Å²) < 4.78 is 14.8. The van der Waals surface area contributed by atoms with E-state index in [1.54, 1.807) is 7.11 Å². The van der Waals surface area contributed by atoms with E-state index in [4.69, 9.17) is 19.3 Å². The average molecular weight is 186 g/mol. The SMILES string of the molecule is COCOC(C)C#C[C@]1(CO)CO1. The molecule has 0 aromatic rings. The molecule has 1 fully saturated rings. The van der Waals surface area contributed by atoms with Crippen LogP contribution < -0.4 is 0 Å². The van der Waals surface area contributed by atoms with Gasteiger partial charge in [0.1, 0.15) is 12.9 Å². The molecule has 0 spiro atoms. The number of methoxy groups -OCH3 is 1. The summed E-state index contributed by atoms with van der Waals surface area (Å²) in [5.41, 5.74) is -0.606. The largest absolute Gasteiger partial charge is 0.392 e. The highest BCUT2D eigenvalue weighted by Gasteiger charge is 2.42. The highest BCUT2D eigenvalue weighted by Crippen LogP contribution is 2.24. The zero-order chi connectivity index (χ0) is 9.73. The summed E-state index contributed by atoms with van der Waals surface area (Å²) in [5.74, 6) is 5.66. The van der Waals surface area contributed by atoms with E-state index in [1.165, 1.54) is 0 Å². The third-order valence-corrected chi connectivity index (χ3v) is 1.69. The van der Waals surface area contributed by atoms with Gasteiger partial charge in [0.05, 0.1) is 13.2 Å². The molecular formula is C9H14O4. The molecule has 1 N–H and O–H groups in total. The number of ether oxygens (including phenoxy) is 3. The van der Waals surface area contributed by atoms with E-state index in [-0.39, 0.29) is 19.5 Å². The van der Waals surface area contributed by atoms with Crippen LogP contribution in [0.4, 0.5) is 0 Å². The standard InChI is InChI=1S/C9H14O4/c1-8(12-7-11-2)3-4-9(5-10)6-13-9/h8,10H,5-7H2,1-2H3/t8?,9-/m0/s1. The number of hydrogen-bond donors (Lipinski definition) is 1. The van der Waals surface area contributed by atoms with Gasteiger partial charge in [0.15, 0.2) is 5.60 Å². The Morgan fingerprint density at radius 2 is 2.38 bits per heavy atom. The van der Waals surface area contributed by atoms with Gasteiger partial charge < -0.3 is 19.3 Å². The Kier molecular flexibility index (Phi) is 3.70. The molecule has 1 heterocycles. The van der Waals surface area contributed by atoms with E-state index in [0.29, 0.717) is 6.61 Å². The minimum atomic E-state index is -0.606. The van der Waals surface area contributed by atoms with E-state index in [2.05, 4.69) is 11.8 Å². The molecule has 4 nitrogen and oxygen atoms in total. The first-order chi connectivity index (χ1) is 6.22. The van der Waals surface area contributed by atoms with Crippen molar-refractivity contribution in [3.05, 3.63) is 0 Å². The van der Waals surface area contributed by atoms with Gasteiger partial charge in [-0.3, -0.25) is 0 Å². The number of aliphatic hydroxyl groups is 1. The van der Waals surface area contributed by atoms with Crippen molar-refractivity contribution in [3.63, 3.8) is 0 Å². The minimum Gasteiger partial charge on any atom is -0.392 e. The third kappa shape index (κ3) is 3.33. The normalized spacial score (nSPS) is 27.6. The minimum absolute atomic E-state index is 0.0585. The van der Waals surface area contributed by atoms with Crippen LogP contribution in [0.25, 0.3) is 0 Å². The second-order valence-electron chi connectivity index (χ2n) is 2.93. The second-order valence-corrected chi connectivity index (χ2v) is 2.93. The molecule has 0 aliphatic carbocycles. The maximum atomic E-state index is 8.85. The van der Waals surface area contributed by atoms with Gasteiger partial charge in [0.25, 0.3) is 0 Å². The number of epoxide rings is 1. The van der Waals surface area contributed by atoms with Crippen molar-refractivity contribution < 1.29 is 19.3 Å². The van der Waals surface area contributed by atoms with Crippen molar-refractivity contribution in [2.45, 2.75) is 18.6 Å². The van der Waals surface area contributed by atoms with Gasteiger partial charge >= 0.3 is 0 Å². The quantitative estimate of drug-likeness (QED) is 0.374. The Balaban J connectivity index is 2.29. The Morgan fingerprint density at radius 3 is 2.85 bits per heavy atom. The lowest BCUT2D eigenvalue weighted by Crippen LogP contribution is -2.15. The maximum Gasteiger partial charge on any atom is 0.174 e. The molecule has 0 radical (unpaired) electrons. The van der Waals surface area contributed by atoms with E-state index in [9.17, 15) is 0 Å². The molecule has 13 heavy (non-hydrogen) atoms. The van der Waals surface area contributed by atoms with Crippen LogP contribution in [0, 0.1) is 11.8 Å². The van der Waals surface area contributed by atoms with Crippen LogP contribution >= 0.6 is 0 Å². The number of rotatable bonds is 4. The Labute approximate surface area is 77.8 Å². The van der Waals surface area contributed by atoms with Gasteiger partial charge in [-0.25, -0.2) is 0 Å². The zero-order valence-corrected chi connectivity index (χ0v) is 7.87. The molecule has 1 aliphatic rings. The van der Waals surface area contributed by atoms with Gasteiger partial charge in [-0.2, -0.15) is 0 Å². The van der Waals surface area contributed by atoms with Crippen molar-refractivity contribution in [1.29, 1.82) is 0 Å². The van der Waals surface area contributed by atoms with Gasteiger partial charge in [-0.15, -0.1) is 0 Å². The molecule has 0 amide bonds. The van der Waals surface area contributed by atoms with Crippen LogP contribution in [0.3, 0.4) is 0 Å². The molecule has 4 heteroatoms. The second kappa shape index (κ2) is 4.58. The van der Waals surface area contributed by atoms with Crippen LogP contribution in [0.5, 0.6) is 0 Å². The van der Waals surface area contributed by atoms with Crippen molar-refractivity contribution >= 4 is 0 Å². The van der Waals surface area contributed by atoms with E-state index in [0.717, 1.165) is 0 Å². The van der Waals surface area contributed by atoms with Crippen molar-refractivity contribution in [2.75, 3.05) is 27.1 Å². The van der Waals surface area contributed by atoms with Crippen LogP contribution in [-0.4, -0.2) is 43.9 Å². The predicted molar refractivity (Wildman–Crippen MR) is 46.0 cm³/mol. The monoisotopic (exact) mass is 186 g/mol. The summed E-state index contributed by atoms with van der Waals surface area (Å²) in [6.45, 7) is 2.49. The number of aliphatic hydroxyl groups excluding tert-OH is 1. The number of hydrogen-bond acceptors (Lipinski definition) is 4. The zero-order valence-electron chi connectivity index (χ0n) is 7.87. The lowest BCUT2D eigenvalue weighted by molar-refractivity contribution is -0.0466. The molecule has 1 rings (SSSR count). The Hall–Kier alpha value is -0.600. The lowest BCUT2D eigenvalue weighted by Gasteiger charge is -2.04. The lowest BCUT2D eigenvalue weighted by atomic mass is 10.2. The molecule has 0 aromatic carbocycles. The predicted octanol–water partition coefficient (Wildman–Crippen LogP) is -0.240. The molecule has 1 saturated heterocycles. The Bertz CT molecular complexity index is 211. The highest BCUT2D eigenvalue weighted by atomic mass is 16.7. The first kappa shape index (κ1) is 10.5. The fourth-order valence-electron chi connectivity index (χ4n) is 0.735. The molecule has 0 aromatic heterocycles. The third-order valence-electron chi connectivity index (χ3n) is 1.69.